The van der Waals surface area contributed by atoms with E-state index >= 15 is 0 Å². The van der Waals surface area contributed by atoms with Crippen LogP contribution in [-0.4, -0.2) is 11.7 Å². The third-order valence-corrected chi connectivity index (χ3v) is 2.62. The normalized spacial score (nSPS) is 14.1. The van der Waals surface area contributed by atoms with Crippen molar-refractivity contribution in [3.05, 3.63) is 35.4 Å². The van der Waals surface area contributed by atoms with E-state index in [0.717, 1.165) is 0 Å². The molecule has 1 aromatic rings. The monoisotopic (exact) mass is 192 g/mol. The van der Waals surface area contributed by atoms with Crippen molar-refractivity contribution >= 4 is 0 Å². The molecule has 1 aromatic carbocycles. The minimum Gasteiger partial charge on any atom is -0.396 e. The summed E-state index contributed by atoms with van der Waals surface area (Å²) in [5, 5.41) is 9.02. The van der Waals surface area contributed by atoms with Gasteiger partial charge in [0, 0.05) is 12.5 Å². The number of benzene rings is 1. The molecule has 0 aliphatic heterocycles. The summed E-state index contributed by atoms with van der Waals surface area (Å²) >= 11 is 0. The molecule has 0 radical (unpaired) electrons. The van der Waals surface area contributed by atoms with Crippen LogP contribution in [0.4, 0.5) is 0 Å². The van der Waals surface area contributed by atoms with Crippen molar-refractivity contribution in [3.8, 4) is 0 Å². The fraction of sp³-hybridized carbons (Fsp3) is 0.538. The standard InChI is InChI=1S/C13H20O/c1-10(9-14)11-5-7-12(8-6-11)13(2,3)4/h5-8,10,14H,9H2,1-4H3/t10-/m1/s1. The molecular formula is C13H20O. The number of rotatable bonds is 2. The number of aliphatic hydroxyl groups is 1. The van der Waals surface area contributed by atoms with Gasteiger partial charge >= 0.3 is 0 Å². The molecule has 0 aromatic heterocycles. The molecule has 0 saturated carbocycles. The van der Waals surface area contributed by atoms with Crippen molar-refractivity contribution in [1.82, 2.24) is 0 Å². The summed E-state index contributed by atoms with van der Waals surface area (Å²) in [4.78, 5) is 0. The van der Waals surface area contributed by atoms with Crippen LogP contribution >= 0.6 is 0 Å². The molecule has 14 heavy (non-hydrogen) atoms. The fourth-order valence-electron chi connectivity index (χ4n) is 1.42. The minimum atomic E-state index is 0.209. The van der Waals surface area contributed by atoms with Crippen LogP contribution in [0.5, 0.6) is 0 Å². The minimum absolute atomic E-state index is 0.209. The van der Waals surface area contributed by atoms with Crippen LogP contribution in [0.25, 0.3) is 0 Å². The Bertz CT molecular complexity index is 279. The van der Waals surface area contributed by atoms with Gasteiger partial charge in [0.1, 0.15) is 0 Å². The van der Waals surface area contributed by atoms with E-state index in [9.17, 15) is 0 Å². The second-order valence-electron chi connectivity index (χ2n) is 4.96. The first-order chi connectivity index (χ1) is 6.45. The largest absolute Gasteiger partial charge is 0.396 e. The van der Waals surface area contributed by atoms with Crippen LogP contribution in [-0.2, 0) is 5.41 Å². The highest BCUT2D eigenvalue weighted by Gasteiger charge is 2.13. The maximum atomic E-state index is 9.02. The first-order valence-electron chi connectivity index (χ1n) is 5.16. The Kier molecular flexibility index (Phi) is 3.33. The van der Waals surface area contributed by atoms with Gasteiger partial charge in [-0.25, -0.2) is 0 Å². The molecule has 1 heteroatoms. The lowest BCUT2D eigenvalue weighted by atomic mass is 9.86. The Hall–Kier alpha value is -0.820. The zero-order valence-corrected chi connectivity index (χ0v) is 9.54. The summed E-state index contributed by atoms with van der Waals surface area (Å²) in [5.74, 6) is 0.240. The molecule has 0 spiro atoms. The summed E-state index contributed by atoms with van der Waals surface area (Å²) in [6, 6.07) is 8.53. The summed E-state index contributed by atoms with van der Waals surface area (Å²) in [7, 11) is 0. The summed E-state index contributed by atoms with van der Waals surface area (Å²) < 4.78 is 0. The molecule has 1 atom stereocenters. The quantitative estimate of drug-likeness (QED) is 0.763. The first-order valence-corrected chi connectivity index (χ1v) is 5.16. The molecule has 1 rings (SSSR count). The molecule has 78 valence electrons. The van der Waals surface area contributed by atoms with Crippen molar-refractivity contribution in [2.24, 2.45) is 0 Å². The molecule has 1 N–H and O–H groups in total. The maximum Gasteiger partial charge on any atom is 0.0497 e. The Labute approximate surface area is 86.8 Å². The van der Waals surface area contributed by atoms with Crippen LogP contribution in [0.2, 0.25) is 0 Å². The van der Waals surface area contributed by atoms with Gasteiger partial charge in [-0.1, -0.05) is 52.0 Å². The molecule has 0 unspecified atom stereocenters. The van der Waals surface area contributed by atoms with Gasteiger partial charge in [0.15, 0.2) is 0 Å². The van der Waals surface area contributed by atoms with E-state index in [0.29, 0.717) is 0 Å². The van der Waals surface area contributed by atoms with Crippen LogP contribution < -0.4 is 0 Å². The van der Waals surface area contributed by atoms with Gasteiger partial charge in [0.2, 0.25) is 0 Å². The summed E-state index contributed by atoms with van der Waals surface area (Å²) in [6.07, 6.45) is 0. The van der Waals surface area contributed by atoms with Crippen LogP contribution in [0.15, 0.2) is 24.3 Å². The van der Waals surface area contributed by atoms with Gasteiger partial charge in [-0.15, -0.1) is 0 Å². The predicted octanol–water partition coefficient (Wildman–Crippen LogP) is 3.08. The second kappa shape index (κ2) is 4.14. The molecule has 0 bridgehead atoms. The van der Waals surface area contributed by atoms with Crippen molar-refractivity contribution < 1.29 is 5.11 Å². The summed E-state index contributed by atoms with van der Waals surface area (Å²) in [5.41, 5.74) is 2.76. The third-order valence-electron chi connectivity index (χ3n) is 2.62. The molecule has 0 aliphatic carbocycles. The molecule has 1 nitrogen and oxygen atoms in total. The Morgan fingerprint density at radius 2 is 1.64 bits per heavy atom. The Morgan fingerprint density at radius 1 is 1.14 bits per heavy atom. The molecular weight excluding hydrogens is 172 g/mol. The van der Waals surface area contributed by atoms with Crippen LogP contribution in [0.1, 0.15) is 44.7 Å². The van der Waals surface area contributed by atoms with Crippen molar-refractivity contribution in [3.63, 3.8) is 0 Å². The number of aliphatic hydroxyl groups excluding tert-OH is 1. The van der Waals surface area contributed by atoms with Gasteiger partial charge in [-0.2, -0.15) is 0 Å². The van der Waals surface area contributed by atoms with E-state index in [2.05, 4.69) is 45.0 Å². The zero-order chi connectivity index (χ0) is 10.8. The molecule has 0 aliphatic rings. The SMILES string of the molecule is C[C@H](CO)c1ccc(C(C)(C)C)cc1. The van der Waals surface area contributed by atoms with Crippen molar-refractivity contribution in [1.29, 1.82) is 0 Å². The average Bonchev–Trinajstić information content (AvgIpc) is 2.15. The molecule has 0 saturated heterocycles. The van der Waals surface area contributed by atoms with Gasteiger partial charge in [-0.3, -0.25) is 0 Å². The van der Waals surface area contributed by atoms with Crippen molar-refractivity contribution in [2.45, 2.75) is 39.0 Å². The smallest absolute Gasteiger partial charge is 0.0497 e. The molecule has 0 heterocycles. The summed E-state index contributed by atoms with van der Waals surface area (Å²) in [6.45, 7) is 8.87. The lowest BCUT2D eigenvalue weighted by Gasteiger charge is -2.19. The zero-order valence-electron chi connectivity index (χ0n) is 9.54. The fourth-order valence-corrected chi connectivity index (χ4v) is 1.42. The molecule has 0 fully saturated rings. The lowest BCUT2D eigenvalue weighted by Crippen LogP contribution is -2.11. The Morgan fingerprint density at radius 3 is 2.00 bits per heavy atom. The van der Waals surface area contributed by atoms with E-state index in [1.165, 1.54) is 11.1 Å². The maximum absolute atomic E-state index is 9.02. The van der Waals surface area contributed by atoms with E-state index in [4.69, 9.17) is 5.11 Å². The average molecular weight is 192 g/mol. The predicted molar refractivity (Wildman–Crippen MR) is 60.6 cm³/mol. The van der Waals surface area contributed by atoms with Gasteiger partial charge < -0.3 is 5.11 Å². The van der Waals surface area contributed by atoms with Crippen molar-refractivity contribution in [2.75, 3.05) is 6.61 Å². The van der Waals surface area contributed by atoms with Gasteiger partial charge in [0.05, 0.1) is 0 Å². The lowest BCUT2D eigenvalue weighted by molar-refractivity contribution is 0.273. The first kappa shape index (κ1) is 11.3. The van der Waals surface area contributed by atoms with Gasteiger partial charge in [-0.05, 0) is 16.5 Å². The van der Waals surface area contributed by atoms with E-state index in [1.807, 2.05) is 6.92 Å². The highest BCUT2D eigenvalue weighted by atomic mass is 16.3. The van der Waals surface area contributed by atoms with Crippen LogP contribution in [0, 0.1) is 0 Å². The Balaban J connectivity index is 2.89. The molecule has 0 amide bonds. The second-order valence-corrected chi connectivity index (χ2v) is 4.96. The van der Waals surface area contributed by atoms with E-state index < -0.39 is 0 Å². The van der Waals surface area contributed by atoms with E-state index in [-0.39, 0.29) is 17.9 Å². The third kappa shape index (κ3) is 2.58. The number of hydrogen-bond acceptors (Lipinski definition) is 1. The van der Waals surface area contributed by atoms with Gasteiger partial charge in [0.25, 0.3) is 0 Å². The topological polar surface area (TPSA) is 20.2 Å². The highest BCUT2D eigenvalue weighted by Crippen LogP contribution is 2.24. The number of hydrogen-bond donors (Lipinski definition) is 1. The van der Waals surface area contributed by atoms with Crippen LogP contribution in [0.3, 0.4) is 0 Å². The highest BCUT2D eigenvalue weighted by molar-refractivity contribution is 5.29. The van der Waals surface area contributed by atoms with E-state index in [1.54, 1.807) is 0 Å².